The topological polar surface area (TPSA) is 64.5 Å². The number of anilines is 2. The molecule has 68 heavy (non-hydrogen) atoms. The number of hydrogen-bond acceptors (Lipinski definition) is 6. The highest BCUT2D eigenvalue weighted by atomic mass is 15.5. The second-order valence-corrected chi connectivity index (χ2v) is 31.1. The molecule has 23 rings (SSSR count). The largest absolute Gasteiger partial charge is 0.337 e. The Morgan fingerprint density at radius 2 is 0.868 bits per heavy atom. The SMILES string of the molecule is CC(C)(C)CC1CC2C3B(c4c5c(n6c4N2C2NC4C7CC8CC9CC(CC89C7)C4NC26)C2CCC5CC2)c2c4c(n5c2N(C3C1)C1NC2C3CC6CC7CC(CC67C3)C2NC15)C1CCC4CC1. The zero-order valence-electron chi connectivity index (χ0n) is 41.6. The van der Waals surface area contributed by atoms with Crippen LogP contribution in [0, 0.1) is 69.5 Å². The van der Waals surface area contributed by atoms with Crippen molar-refractivity contribution >= 4 is 29.3 Å². The zero-order chi connectivity index (χ0) is 43.5. The summed E-state index contributed by atoms with van der Waals surface area (Å²) in [7, 11) is 0. The van der Waals surface area contributed by atoms with Crippen molar-refractivity contribution < 1.29 is 0 Å². The van der Waals surface area contributed by atoms with E-state index in [4.69, 9.17) is 21.3 Å². The lowest BCUT2D eigenvalue weighted by Gasteiger charge is -2.60. The summed E-state index contributed by atoms with van der Waals surface area (Å²) in [5.41, 5.74) is 13.3. The van der Waals surface area contributed by atoms with Crippen molar-refractivity contribution in [2.75, 3.05) is 9.80 Å². The normalized spacial score (nSPS) is 57.5. The van der Waals surface area contributed by atoms with Gasteiger partial charge in [-0.15, -0.1) is 0 Å². The second kappa shape index (κ2) is 11.5. The van der Waals surface area contributed by atoms with Crippen LogP contribution in [0.3, 0.4) is 0 Å². The molecule has 20 unspecified atom stereocenters. The van der Waals surface area contributed by atoms with E-state index >= 15 is 0 Å². The molecule has 0 aromatic carbocycles. The third-order valence-corrected chi connectivity index (χ3v) is 28.1. The van der Waals surface area contributed by atoms with Crippen molar-refractivity contribution in [3.8, 4) is 0 Å². The number of nitrogens with zero attached hydrogens (tertiary/aromatic N) is 4. The lowest BCUT2D eigenvalue weighted by molar-refractivity contribution is 0.00275. The number of fused-ring (bicyclic) bond motifs is 24. The van der Waals surface area contributed by atoms with Crippen LogP contribution in [0.5, 0.6) is 0 Å². The maximum Gasteiger partial charge on any atom is 0.226 e. The first-order valence-corrected chi connectivity index (χ1v) is 30.4. The van der Waals surface area contributed by atoms with Crippen molar-refractivity contribution in [3.05, 3.63) is 22.5 Å². The molecule has 8 heterocycles. The van der Waals surface area contributed by atoms with E-state index in [0.29, 0.717) is 78.9 Å². The summed E-state index contributed by atoms with van der Waals surface area (Å²) >= 11 is 0. The zero-order valence-corrected chi connectivity index (χ0v) is 41.6. The molecule has 13 fully saturated rings. The monoisotopic (exact) mass is 911 g/mol. The Labute approximate surface area is 405 Å². The van der Waals surface area contributed by atoms with Gasteiger partial charge >= 0.3 is 0 Å². The van der Waals surface area contributed by atoms with Crippen molar-refractivity contribution in [3.63, 3.8) is 0 Å². The average molecular weight is 911 g/mol. The molecule has 20 atom stereocenters. The number of rotatable bonds is 1. The average Bonchev–Trinajstić information content (AvgIpc) is 4.21. The van der Waals surface area contributed by atoms with E-state index in [1.54, 1.807) is 50.2 Å². The van der Waals surface area contributed by atoms with Crippen LogP contribution in [-0.2, 0) is 0 Å². The molecule has 6 aliphatic heterocycles. The summed E-state index contributed by atoms with van der Waals surface area (Å²) in [6.07, 6.45) is 32.6. The molecule has 8 nitrogen and oxygen atoms in total. The van der Waals surface area contributed by atoms with Crippen molar-refractivity contribution in [2.45, 2.75) is 246 Å². The fraction of sp³-hybridized carbons (Fsp3) is 0.864. The minimum absolute atomic E-state index is 0.335. The van der Waals surface area contributed by atoms with Gasteiger partial charge in [-0.2, -0.15) is 0 Å². The van der Waals surface area contributed by atoms with E-state index in [1.165, 1.54) is 96.3 Å². The Balaban J connectivity index is 0.795. The quantitative estimate of drug-likeness (QED) is 0.216. The van der Waals surface area contributed by atoms with Crippen LogP contribution in [0.1, 0.15) is 214 Å². The summed E-state index contributed by atoms with van der Waals surface area (Å²) < 4.78 is 6.35. The number of hydrogen-bond donors (Lipinski definition) is 4. The third kappa shape index (κ3) is 3.92. The Morgan fingerprint density at radius 1 is 0.485 bits per heavy atom. The van der Waals surface area contributed by atoms with Gasteiger partial charge in [0.2, 0.25) is 6.71 Å². The Bertz CT molecular complexity index is 2510. The molecule has 0 amide bonds. The van der Waals surface area contributed by atoms with Gasteiger partial charge in [-0.25, -0.2) is 0 Å². The molecule has 358 valence electrons. The van der Waals surface area contributed by atoms with Gasteiger partial charge in [-0.3, -0.25) is 21.3 Å². The van der Waals surface area contributed by atoms with E-state index < -0.39 is 0 Å². The molecule has 2 saturated heterocycles. The number of nitrogens with one attached hydrogen (secondary N) is 4. The van der Waals surface area contributed by atoms with Crippen molar-refractivity contribution in [1.29, 1.82) is 0 Å². The summed E-state index contributed by atoms with van der Waals surface area (Å²) in [5.74, 6) is 15.7. The molecule has 15 aliphatic carbocycles. The Kier molecular flexibility index (Phi) is 6.41. The smallest absolute Gasteiger partial charge is 0.226 e. The van der Waals surface area contributed by atoms with Crippen LogP contribution in [0.25, 0.3) is 0 Å². The number of aromatic nitrogens is 2. The van der Waals surface area contributed by atoms with Crippen LogP contribution in [0.2, 0.25) is 5.82 Å². The van der Waals surface area contributed by atoms with Crippen molar-refractivity contribution in [1.82, 2.24) is 30.4 Å². The van der Waals surface area contributed by atoms with Crippen LogP contribution < -0.4 is 42.0 Å². The molecular weight excluding hydrogens is 832 g/mol. The standard InChI is InChI=1S/C59H79BN8/c1-57(2,3)20-25-12-38-42-39(13-25)66-52-54(64-48-33-17-37-19-35-15-31(46(48)62-52)22-59(35,37)24-33)68-50-29-10-6-27(7-11-29)41(50)44(56(66)68)60(42)43-40-26-4-8-28(9-5-26)49(40)67-53-51(65(38)55(43)67)61-45-30-14-34-18-36-16-32(47(45)63-53)23-58(34,36)21-30/h25-39,42,45-48,51-54,61-64H,4-24H2,1-3H3. The summed E-state index contributed by atoms with van der Waals surface area (Å²) in [6.45, 7) is 8.31. The summed E-state index contributed by atoms with van der Waals surface area (Å²) in [4.78, 5) is 6.58. The van der Waals surface area contributed by atoms with Gasteiger partial charge < -0.3 is 18.9 Å². The predicted molar refractivity (Wildman–Crippen MR) is 267 cm³/mol. The van der Waals surface area contributed by atoms with Gasteiger partial charge in [0.1, 0.15) is 36.3 Å². The first kappa shape index (κ1) is 37.8. The third-order valence-electron chi connectivity index (χ3n) is 28.1. The second-order valence-electron chi connectivity index (χ2n) is 31.1. The molecular formula is C59H79BN8. The minimum Gasteiger partial charge on any atom is -0.337 e. The van der Waals surface area contributed by atoms with Gasteiger partial charge in [-0.05, 0) is 256 Å². The molecule has 21 aliphatic rings. The van der Waals surface area contributed by atoms with E-state index in [9.17, 15) is 0 Å². The Morgan fingerprint density at radius 3 is 1.26 bits per heavy atom. The van der Waals surface area contributed by atoms with Crippen LogP contribution in [-0.4, -0.2) is 64.4 Å². The van der Waals surface area contributed by atoms with Crippen LogP contribution in [0.15, 0.2) is 0 Å². The van der Waals surface area contributed by atoms with Crippen LogP contribution in [0.4, 0.5) is 11.6 Å². The minimum atomic E-state index is 0.335. The van der Waals surface area contributed by atoms with E-state index in [2.05, 4.69) is 39.7 Å². The van der Waals surface area contributed by atoms with E-state index in [0.717, 1.165) is 87.8 Å². The maximum atomic E-state index is 4.85. The van der Waals surface area contributed by atoms with Gasteiger partial charge in [0.25, 0.3) is 0 Å². The number of piperazine rings is 2. The fourth-order valence-electron chi connectivity index (χ4n) is 26.7. The maximum absolute atomic E-state index is 4.85. The molecule has 2 spiro atoms. The molecule has 0 radical (unpaired) electrons. The first-order chi connectivity index (χ1) is 33.2. The van der Waals surface area contributed by atoms with Gasteiger partial charge in [0.05, 0.1) is 0 Å². The summed E-state index contributed by atoms with van der Waals surface area (Å²) in [5, 5.41) is 19.4. The molecule has 9 heteroatoms. The molecule has 2 aromatic rings. The van der Waals surface area contributed by atoms with E-state index in [-0.39, 0.29) is 0 Å². The predicted octanol–water partition coefficient (Wildman–Crippen LogP) is 8.45. The highest BCUT2D eigenvalue weighted by Gasteiger charge is 2.74. The highest BCUT2D eigenvalue weighted by molar-refractivity contribution is 6.90. The highest BCUT2D eigenvalue weighted by Crippen LogP contribution is 2.76. The molecule has 10 bridgehead atoms. The van der Waals surface area contributed by atoms with Gasteiger partial charge in [-0.1, -0.05) is 20.8 Å². The first-order valence-electron chi connectivity index (χ1n) is 30.4. The molecule has 4 N–H and O–H groups in total. The van der Waals surface area contributed by atoms with Gasteiger partial charge in [0.15, 0.2) is 0 Å². The fourth-order valence-corrected chi connectivity index (χ4v) is 26.7. The lowest BCUT2D eigenvalue weighted by Crippen LogP contribution is -2.77. The van der Waals surface area contributed by atoms with Gasteiger partial charge in [0, 0.05) is 47.6 Å². The van der Waals surface area contributed by atoms with Crippen LogP contribution >= 0.6 is 0 Å². The lowest BCUT2D eigenvalue weighted by atomic mass is 9.26. The van der Waals surface area contributed by atoms with Crippen molar-refractivity contribution in [2.24, 2.45) is 69.5 Å². The Hall–Kier alpha value is -1.94. The molecule has 2 aromatic heterocycles. The molecule has 11 saturated carbocycles. The van der Waals surface area contributed by atoms with E-state index in [1.807, 2.05) is 33.4 Å². The summed E-state index contributed by atoms with van der Waals surface area (Å²) in [6, 6.07) is 3.75.